The normalized spacial score (nSPS) is 25.7. The Hall–Kier alpha value is -2.09. The molecule has 0 aliphatic heterocycles. The number of carbonyl (C=O) groups excluding carboxylic acids is 1. The van der Waals surface area contributed by atoms with Gasteiger partial charge in [0.1, 0.15) is 5.82 Å². The van der Waals surface area contributed by atoms with Gasteiger partial charge in [0.15, 0.2) is 0 Å². The molecule has 1 aromatic rings. The zero-order valence-electron chi connectivity index (χ0n) is 15.8. The molecule has 0 aromatic carbocycles. The number of carboxylic acid groups (broad SMARTS) is 1. The van der Waals surface area contributed by atoms with Crippen LogP contribution in [0.4, 0.5) is 10.6 Å². The van der Waals surface area contributed by atoms with E-state index >= 15 is 0 Å². The topological polar surface area (TPSA) is 99.5 Å². The van der Waals surface area contributed by atoms with Crippen molar-refractivity contribution in [1.82, 2.24) is 20.0 Å². The summed E-state index contributed by atoms with van der Waals surface area (Å²) in [4.78, 5) is 25.5. The van der Waals surface area contributed by atoms with Crippen molar-refractivity contribution < 1.29 is 14.7 Å². The van der Waals surface area contributed by atoms with Crippen LogP contribution in [0.2, 0.25) is 0 Å². The van der Waals surface area contributed by atoms with E-state index in [0.29, 0.717) is 17.9 Å². The number of hydrogen-bond acceptors (Lipinski definition) is 4. The second-order valence-electron chi connectivity index (χ2n) is 8.43. The maximum atomic E-state index is 12.3. The summed E-state index contributed by atoms with van der Waals surface area (Å²) in [7, 11) is 0. The van der Waals surface area contributed by atoms with Gasteiger partial charge in [-0.3, -0.25) is 15.0 Å². The molecule has 0 radical (unpaired) electrons. The Kier molecular flexibility index (Phi) is 5.08. The number of nitrogens with one attached hydrogen (secondary N) is 2. The highest BCUT2D eigenvalue weighted by Gasteiger charge is 2.38. The Morgan fingerprint density at radius 2 is 2.07 bits per heavy atom. The molecule has 148 valence electrons. The van der Waals surface area contributed by atoms with Gasteiger partial charge in [-0.2, -0.15) is 5.10 Å². The van der Waals surface area contributed by atoms with E-state index in [1.165, 1.54) is 25.7 Å². The summed E-state index contributed by atoms with van der Waals surface area (Å²) in [6, 6.07) is 2.27. The molecule has 8 heteroatoms. The fourth-order valence-electron chi connectivity index (χ4n) is 4.01. The van der Waals surface area contributed by atoms with E-state index in [1.807, 2.05) is 10.7 Å². The molecule has 1 aromatic heterocycles. The molecule has 0 spiro atoms. The van der Waals surface area contributed by atoms with E-state index < -0.39 is 5.97 Å². The molecule has 1 heterocycles. The first-order chi connectivity index (χ1) is 13.0. The molecule has 0 bridgehead atoms. The monoisotopic (exact) mass is 375 g/mol. The van der Waals surface area contributed by atoms with Crippen molar-refractivity contribution in [3.8, 4) is 0 Å². The van der Waals surface area contributed by atoms with Crippen LogP contribution in [0.3, 0.4) is 0 Å². The Morgan fingerprint density at radius 1 is 1.33 bits per heavy atom. The number of aliphatic carboxylic acids is 1. The molecule has 3 saturated carbocycles. The molecule has 4 rings (SSSR count). The minimum Gasteiger partial charge on any atom is -0.480 e. The minimum absolute atomic E-state index is 0.0956. The molecule has 2 amide bonds. The van der Waals surface area contributed by atoms with Crippen LogP contribution < -0.4 is 10.6 Å². The van der Waals surface area contributed by atoms with E-state index in [9.17, 15) is 9.59 Å². The molecule has 1 unspecified atom stereocenters. The number of urea groups is 1. The highest BCUT2D eigenvalue weighted by molar-refractivity contribution is 5.88. The van der Waals surface area contributed by atoms with Crippen molar-refractivity contribution in [2.75, 3.05) is 18.4 Å². The standard InChI is InChI=1S/C19H29N5O3/c1-12(14-4-5-14)24-17(6-7-20-24)22-19(27)21-15-8-16(9-15)23(11-18(25)26)10-13-2-3-13/h6-7,12-16H,2-5,8-11H2,1H3,(H,25,26)(H2,21,22,27). The zero-order chi connectivity index (χ0) is 19.0. The number of carbonyl (C=O) groups is 2. The molecule has 1 atom stereocenters. The highest BCUT2D eigenvalue weighted by Crippen LogP contribution is 2.40. The molecule has 3 aliphatic carbocycles. The SMILES string of the molecule is CC(C1CC1)n1nccc1NC(=O)NC1CC(N(CC(=O)O)CC2CC2)C1. The Bertz CT molecular complexity index is 691. The molecule has 8 nitrogen and oxygen atoms in total. The van der Waals surface area contributed by atoms with Crippen LogP contribution in [-0.4, -0.2) is 57.0 Å². The van der Waals surface area contributed by atoms with Gasteiger partial charge in [0.05, 0.1) is 18.8 Å². The van der Waals surface area contributed by atoms with E-state index in [0.717, 1.165) is 25.2 Å². The third-order valence-corrected chi connectivity index (χ3v) is 6.09. The number of carboxylic acids is 1. The van der Waals surface area contributed by atoms with Crippen molar-refractivity contribution in [2.24, 2.45) is 11.8 Å². The van der Waals surface area contributed by atoms with Crippen molar-refractivity contribution in [3.05, 3.63) is 12.3 Å². The van der Waals surface area contributed by atoms with Gasteiger partial charge in [0.2, 0.25) is 0 Å². The molecule has 3 fully saturated rings. The van der Waals surface area contributed by atoms with E-state index in [1.54, 1.807) is 6.20 Å². The highest BCUT2D eigenvalue weighted by atomic mass is 16.4. The van der Waals surface area contributed by atoms with Crippen molar-refractivity contribution in [2.45, 2.75) is 63.6 Å². The second-order valence-corrected chi connectivity index (χ2v) is 8.43. The smallest absolute Gasteiger partial charge is 0.320 e. The van der Waals surface area contributed by atoms with Crippen LogP contribution in [-0.2, 0) is 4.79 Å². The maximum Gasteiger partial charge on any atom is 0.320 e. The molecule has 27 heavy (non-hydrogen) atoms. The largest absolute Gasteiger partial charge is 0.480 e. The lowest BCUT2D eigenvalue weighted by molar-refractivity contribution is -0.139. The number of aromatic nitrogens is 2. The number of hydrogen-bond donors (Lipinski definition) is 3. The third-order valence-electron chi connectivity index (χ3n) is 6.09. The Balaban J connectivity index is 1.24. The first-order valence-corrected chi connectivity index (χ1v) is 10.1. The fourth-order valence-corrected chi connectivity index (χ4v) is 4.01. The number of rotatable bonds is 9. The van der Waals surface area contributed by atoms with Crippen molar-refractivity contribution in [3.63, 3.8) is 0 Å². The summed E-state index contributed by atoms with van der Waals surface area (Å²) in [6.07, 6.45) is 8.21. The molecular formula is C19H29N5O3. The Labute approximate surface area is 159 Å². The predicted octanol–water partition coefficient (Wildman–Crippen LogP) is 2.30. The van der Waals surface area contributed by atoms with Gasteiger partial charge < -0.3 is 10.4 Å². The first kappa shape index (κ1) is 18.3. The van der Waals surface area contributed by atoms with E-state index in [-0.39, 0.29) is 24.7 Å². The molecule has 3 N–H and O–H groups in total. The summed E-state index contributed by atoms with van der Waals surface area (Å²) < 4.78 is 1.89. The Morgan fingerprint density at radius 3 is 2.70 bits per heavy atom. The van der Waals surface area contributed by atoms with Gasteiger partial charge in [-0.1, -0.05) is 0 Å². The first-order valence-electron chi connectivity index (χ1n) is 10.1. The maximum absolute atomic E-state index is 12.3. The number of amides is 2. The second kappa shape index (κ2) is 7.50. The van der Waals surface area contributed by atoms with Crippen molar-refractivity contribution >= 4 is 17.8 Å². The fraction of sp³-hybridized carbons (Fsp3) is 0.737. The molecule has 0 saturated heterocycles. The van der Waals surface area contributed by atoms with Crippen LogP contribution in [0.1, 0.15) is 51.5 Å². The summed E-state index contributed by atoms with van der Waals surface area (Å²) in [6.45, 7) is 3.10. The number of nitrogens with zero attached hydrogens (tertiary/aromatic N) is 3. The van der Waals surface area contributed by atoms with Crippen LogP contribution in [0.25, 0.3) is 0 Å². The lowest BCUT2D eigenvalue weighted by atomic mass is 9.85. The van der Waals surface area contributed by atoms with Gasteiger partial charge in [0.25, 0.3) is 0 Å². The average molecular weight is 375 g/mol. The van der Waals surface area contributed by atoms with Gasteiger partial charge >= 0.3 is 12.0 Å². The van der Waals surface area contributed by atoms with E-state index in [4.69, 9.17) is 5.11 Å². The molecule has 3 aliphatic rings. The van der Waals surface area contributed by atoms with Gasteiger partial charge in [0, 0.05) is 24.7 Å². The lowest BCUT2D eigenvalue weighted by Crippen LogP contribution is -2.56. The van der Waals surface area contributed by atoms with Gasteiger partial charge in [-0.05, 0) is 57.3 Å². The van der Waals surface area contributed by atoms with Crippen LogP contribution in [0.5, 0.6) is 0 Å². The minimum atomic E-state index is -0.775. The lowest BCUT2D eigenvalue weighted by Gasteiger charge is -2.42. The summed E-state index contributed by atoms with van der Waals surface area (Å²) in [5.41, 5.74) is 0. The van der Waals surface area contributed by atoms with Crippen LogP contribution in [0, 0.1) is 11.8 Å². The zero-order valence-corrected chi connectivity index (χ0v) is 15.8. The van der Waals surface area contributed by atoms with Crippen LogP contribution in [0.15, 0.2) is 12.3 Å². The average Bonchev–Trinajstić information content (AvgIpc) is 3.48. The summed E-state index contributed by atoms with van der Waals surface area (Å²) >= 11 is 0. The van der Waals surface area contributed by atoms with Crippen molar-refractivity contribution in [1.29, 1.82) is 0 Å². The predicted molar refractivity (Wildman–Crippen MR) is 101 cm³/mol. The van der Waals surface area contributed by atoms with Gasteiger partial charge in [-0.15, -0.1) is 0 Å². The molecular weight excluding hydrogens is 346 g/mol. The summed E-state index contributed by atoms with van der Waals surface area (Å²) in [5, 5.41) is 19.4. The number of anilines is 1. The summed E-state index contributed by atoms with van der Waals surface area (Å²) in [5.74, 6) is 1.27. The van der Waals surface area contributed by atoms with Gasteiger partial charge in [-0.25, -0.2) is 9.48 Å². The van der Waals surface area contributed by atoms with E-state index in [2.05, 4.69) is 27.6 Å². The third kappa shape index (κ3) is 4.61. The van der Waals surface area contributed by atoms with Crippen LogP contribution >= 0.6 is 0 Å². The quantitative estimate of drug-likeness (QED) is 0.615.